The highest BCUT2D eigenvalue weighted by atomic mass is 19.1. The second kappa shape index (κ2) is 7.22. The van der Waals surface area contributed by atoms with Crippen LogP contribution in [0.2, 0.25) is 0 Å². The first-order chi connectivity index (χ1) is 13.5. The molecule has 0 N–H and O–H groups in total. The lowest BCUT2D eigenvalue weighted by atomic mass is 10.0. The molecule has 0 saturated carbocycles. The molecule has 0 atom stereocenters. The number of rotatable bonds is 3. The van der Waals surface area contributed by atoms with E-state index in [0.29, 0.717) is 54.2 Å². The van der Waals surface area contributed by atoms with Gasteiger partial charge in [0.2, 0.25) is 0 Å². The first-order valence-corrected chi connectivity index (χ1v) is 9.51. The van der Waals surface area contributed by atoms with E-state index in [1.807, 2.05) is 42.7 Å². The number of carbonyl (C=O) groups excluding carboxylic acids is 1. The lowest BCUT2D eigenvalue weighted by Crippen LogP contribution is -2.49. The number of nitrogens with zero attached hydrogens (tertiary/aromatic N) is 4. The summed E-state index contributed by atoms with van der Waals surface area (Å²) in [6, 6.07) is 8.59. The molecule has 0 bridgehead atoms. The van der Waals surface area contributed by atoms with E-state index in [1.165, 1.54) is 6.07 Å². The Morgan fingerprint density at radius 1 is 1.18 bits per heavy atom. The highest BCUT2D eigenvalue weighted by molar-refractivity contribution is 6.06. The largest absolute Gasteiger partial charge is 0.366 e. The van der Waals surface area contributed by atoms with Gasteiger partial charge in [0.15, 0.2) is 0 Å². The van der Waals surface area contributed by atoms with Crippen molar-refractivity contribution in [2.45, 2.75) is 26.7 Å². The van der Waals surface area contributed by atoms with Crippen molar-refractivity contribution in [3.05, 3.63) is 53.1 Å². The molecule has 1 aliphatic heterocycles. The van der Waals surface area contributed by atoms with Crippen LogP contribution in [0.1, 0.15) is 41.5 Å². The van der Waals surface area contributed by atoms with Crippen LogP contribution in [0.5, 0.6) is 0 Å². The molecule has 7 heteroatoms. The van der Waals surface area contributed by atoms with E-state index in [9.17, 15) is 9.18 Å². The number of hydrogen-bond acceptors (Lipinski definition) is 5. The number of fused-ring (bicyclic) bond motifs is 1. The topological polar surface area (TPSA) is 62.5 Å². The number of halogens is 1. The third-order valence-electron chi connectivity index (χ3n) is 5.22. The number of aromatic nitrogens is 2. The molecule has 0 radical (unpaired) electrons. The van der Waals surface area contributed by atoms with Gasteiger partial charge < -0.3 is 14.3 Å². The molecule has 3 heterocycles. The van der Waals surface area contributed by atoms with Crippen molar-refractivity contribution in [2.75, 3.05) is 31.1 Å². The Kier molecular flexibility index (Phi) is 4.75. The third kappa shape index (κ3) is 3.21. The summed E-state index contributed by atoms with van der Waals surface area (Å²) in [5.41, 5.74) is 3.02. The minimum atomic E-state index is -0.236. The normalized spacial score (nSPS) is 14.9. The summed E-state index contributed by atoms with van der Waals surface area (Å²) < 4.78 is 19.4. The number of aryl methyl sites for hydroxylation is 1. The molecule has 0 aliphatic carbocycles. The van der Waals surface area contributed by atoms with Crippen LogP contribution in [-0.2, 0) is 0 Å². The van der Waals surface area contributed by atoms with Crippen molar-refractivity contribution in [2.24, 2.45) is 0 Å². The summed E-state index contributed by atoms with van der Waals surface area (Å²) in [6.45, 7) is 8.09. The molecule has 1 saturated heterocycles. The Labute approximate surface area is 162 Å². The molecular weight excluding hydrogens is 359 g/mol. The molecule has 3 aromatic rings. The molecule has 4 rings (SSSR count). The Morgan fingerprint density at radius 2 is 1.89 bits per heavy atom. The lowest BCUT2D eigenvalue weighted by molar-refractivity contribution is 0.0748. The third-order valence-corrected chi connectivity index (χ3v) is 5.22. The van der Waals surface area contributed by atoms with Gasteiger partial charge in [-0.1, -0.05) is 31.1 Å². The van der Waals surface area contributed by atoms with E-state index in [1.54, 1.807) is 12.1 Å². The van der Waals surface area contributed by atoms with Gasteiger partial charge in [0.05, 0.1) is 22.3 Å². The van der Waals surface area contributed by atoms with Crippen LogP contribution in [-0.4, -0.2) is 47.1 Å². The van der Waals surface area contributed by atoms with Gasteiger partial charge in [-0.2, -0.15) is 0 Å². The number of benzene rings is 1. The molecule has 2 aromatic heterocycles. The van der Waals surface area contributed by atoms with E-state index in [2.05, 4.69) is 10.1 Å². The van der Waals surface area contributed by atoms with E-state index in [-0.39, 0.29) is 17.6 Å². The fourth-order valence-corrected chi connectivity index (χ4v) is 3.61. The zero-order valence-electron chi connectivity index (χ0n) is 16.3. The Bertz CT molecular complexity index is 1020. The van der Waals surface area contributed by atoms with Crippen molar-refractivity contribution in [1.29, 1.82) is 0 Å². The number of pyridine rings is 1. The highest BCUT2D eigenvalue weighted by Crippen LogP contribution is 2.27. The lowest BCUT2D eigenvalue weighted by Gasteiger charge is -2.36. The van der Waals surface area contributed by atoms with Crippen LogP contribution >= 0.6 is 0 Å². The van der Waals surface area contributed by atoms with E-state index < -0.39 is 0 Å². The average Bonchev–Trinajstić information content (AvgIpc) is 3.08. The van der Waals surface area contributed by atoms with Gasteiger partial charge in [-0.05, 0) is 31.0 Å². The van der Waals surface area contributed by atoms with Gasteiger partial charge in [0.25, 0.3) is 11.6 Å². The minimum absolute atomic E-state index is 0.0613. The Hall–Kier alpha value is -2.96. The summed E-state index contributed by atoms with van der Waals surface area (Å²) in [6.07, 6.45) is 0. The van der Waals surface area contributed by atoms with E-state index in [0.717, 1.165) is 5.69 Å². The molecule has 0 unspecified atom stereocenters. The Morgan fingerprint density at radius 3 is 2.57 bits per heavy atom. The first-order valence-electron chi connectivity index (χ1n) is 9.51. The van der Waals surface area contributed by atoms with Gasteiger partial charge in [0.1, 0.15) is 5.82 Å². The number of amides is 1. The van der Waals surface area contributed by atoms with Crippen LogP contribution in [0.4, 0.5) is 10.1 Å². The van der Waals surface area contributed by atoms with Crippen molar-refractivity contribution in [3.8, 4) is 0 Å². The van der Waals surface area contributed by atoms with Crippen molar-refractivity contribution in [3.63, 3.8) is 0 Å². The standard InChI is InChI=1S/C21H23FN4O2/c1-13(2)17-12-15(19-14(3)24-28-20(19)23-17)21(27)26-10-8-25(9-11-26)18-7-5-4-6-16(18)22/h4-7,12-13H,8-11H2,1-3H3. The van der Waals surface area contributed by atoms with Crippen molar-refractivity contribution in [1.82, 2.24) is 15.0 Å². The quantitative estimate of drug-likeness (QED) is 0.690. The summed E-state index contributed by atoms with van der Waals surface area (Å²) in [4.78, 5) is 21.6. The summed E-state index contributed by atoms with van der Waals surface area (Å²) >= 11 is 0. The molecular formula is C21H23FN4O2. The molecule has 6 nitrogen and oxygen atoms in total. The highest BCUT2D eigenvalue weighted by Gasteiger charge is 2.27. The smallest absolute Gasteiger partial charge is 0.259 e. The van der Waals surface area contributed by atoms with Crippen LogP contribution in [0.15, 0.2) is 34.9 Å². The average molecular weight is 382 g/mol. The predicted octanol–water partition coefficient (Wildman–Crippen LogP) is 3.76. The van der Waals surface area contributed by atoms with Crippen LogP contribution < -0.4 is 4.90 Å². The van der Waals surface area contributed by atoms with E-state index in [4.69, 9.17) is 4.52 Å². The SMILES string of the molecule is Cc1noc2nc(C(C)C)cc(C(=O)N3CCN(c4ccccc4F)CC3)c12. The van der Waals surface area contributed by atoms with Gasteiger partial charge in [-0.15, -0.1) is 0 Å². The predicted molar refractivity (Wildman–Crippen MR) is 105 cm³/mol. The van der Waals surface area contributed by atoms with Gasteiger partial charge in [0, 0.05) is 31.9 Å². The maximum Gasteiger partial charge on any atom is 0.259 e. The second-order valence-electron chi connectivity index (χ2n) is 7.43. The summed E-state index contributed by atoms with van der Waals surface area (Å²) in [5, 5.41) is 4.66. The Balaban J connectivity index is 1.59. The number of para-hydroxylation sites is 1. The number of piperazine rings is 1. The monoisotopic (exact) mass is 382 g/mol. The van der Waals surface area contributed by atoms with Gasteiger partial charge in [-0.25, -0.2) is 9.37 Å². The van der Waals surface area contributed by atoms with Gasteiger partial charge in [-0.3, -0.25) is 4.79 Å². The van der Waals surface area contributed by atoms with Crippen molar-refractivity contribution < 1.29 is 13.7 Å². The van der Waals surface area contributed by atoms with Crippen molar-refractivity contribution >= 4 is 22.7 Å². The summed E-state index contributed by atoms with van der Waals surface area (Å²) in [5.74, 6) is -0.132. The molecule has 1 amide bonds. The fraction of sp³-hybridized carbons (Fsp3) is 0.381. The molecule has 1 aromatic carbocycles. The molecule has 146 valence electrons. The number of carbonyl (C=O) groups is 1. The maximum absolute atomic E-state index is 14.1. The minimum Gasteiger partial charge on any atom is -0.366 e. The summed E-state index contributed by atoms with van der Waals surface area (Å²) in [7, 11) is 0. The number of anilines is 1. The van der Waals surface area contributed by atoms with Crippen LogP contribution in [0.3, 0.4) is 0 Å². The zero-order valence-corrected chi connectivity index (χ0v) is 16.3. The molecule has 0 spiro atoms. The maximum atomic E-state index is 14.1. The van der Waals surface area contributed by atoms with Gasteiger partial charge >= 0.3 is 0 Å². The van der Waals surface area contributed by atoms with Crippen LogP contribution in [0.25, 0.3) is 11.1 Å². The molecule has 1 fully saturated rings. The molecule has 1 aliphatic rings. The van der Waals surface area contributed by atoms with Crippen LogP contribution in [0, 0.1) is 12.7 Å². The molecule has 28 heavy (non-hydrogen) atoms. The van der Waals surface area contributed by atoms with E-state index >= 15 is 0 Å². The fourth-order valence-electron chi connectivity index (χ4n) is 3.61. The number of hydrogen-bond donors (Lipinski definition) is 0. The second-order valence-corrected chi connectivity index (χ2v) is 7.43. The first kappa shape index (κ1) is 18.4. The zero-order chi connectivity index (χ0) is 19.8.